The van der Waals surface area contributed by atoms with Crippen LogP contribution in [0.4, 0.5) is 4.79 Å². The molecule has 2 aromatic carbocycles. The number of carbonyl (C=O) groups excluding carboxylic acids is 1. The van der Waals surface area contributed by atoms with Gasteiger partial charge >= 0.3 is 6.09 Å². The third-order valence-corrected chi connectivity index (χ3v) is 6.76. The average molecular weight is 397 g/mol. The second kappa shape index (κ2) is 7.41. The van der Waals surface area contributed by atoms with Crippen molar-refractivity contribution in [2.24, 2.45) is 5.92 Å². The molecule has 2 atom stereocenters. The van der Waals surface area contributed by atoms with Crippen LogP contribution in [0.3, 0.4) is 0 Å². The van der Waals surface area contributed by atoms with Gasteiger partial charge in [-0.1, -0.05) is 35.9 Å². The van der Waals surface area contributed by atoms with E-state index in [2.05, 4.69) is 34.5 Å². The number of ether oxygens (including phenoxy) is 1. The van der Waals surface area contributed by atoms with Gasteiger partial charge in [-0.2, -0.15) is 0 Å². The van der Waals surface area contributed by atoms with Crippen LogP contribution in [0.5, 0.6) is 0 Å². The molecule has 0 spiro atoms. The molecule has 1 amide bonds. The Morgan fingerprint density at radius 2 is 1.89 bits per heavy atom. The van der Waals surface area contributed by atoms with Crippen LogP contribution < -0.4 is 5.32 Å². The normalized spacial score (nSPS) is 28.0. The lowest BCUT2D eigenvalue weighted by atomic mass is 9.86. The quantitative estimate of drug-likeness (QED) is 0.809. The third kappa shape index (κ3) is 3.51. The maximum absolute atomic E-state index is 12.6. The minimum Gasteiger partial charge on any atom is -0.445 e. The van der Waals surface area contributed by atoms with Crippen molar-refractivity contribution < 1.29 is 9.53 Å². The highest BCUT2D eigenvalue weighted by atomic mass is 35.5. The number of hydrogen-bond donors (Lipinski definition) is 1. The molecule has 1 N–H and O–H groups in total. The Balaban J connectivity index is 1.29. The summed E-state index contributed by atoms with van der Waals surface area (Å²) in [6, 6.07) is 14.4. The summed E-state index contributed by atoms with van der Waals surface area (Å²) in [7, 11) is 0. The Morgan fingerprint density at radius 3 is 2.64 bits per heavy atom. The molecule has 0 saturated carbocycles. The van der Waals surface area contributed by atoms with Gasteiger partial charge in [0.15, 0.2) is 0 Å². The van der Waals surface area contributed by atoms with E-state index in [4.69, 9.17) is 16.3 Å². The third-order valence-electron chi connectivity index (χ3n) is 6.53. The van der Waals surface area contributed by atoms with E-state index in [1.807, 2.05) is 18.2 Å². The van der Waals surface area contributed by atoms with E-state index in [-0.39, 0.29) is 18.2 Å². The van der Waals surface area contributed by atoms with Crippen LogP contribution >= 0.6 is 11.6 Å². The summed E-state index contributed by atoms with van der Waals surface area (Å²) in [5.41, 5.74) is 4.72. The number of hydrogen-bond acceptors (Lipinski definition) is 3. The standard InChI is InChI=1S/C23H25ClN2O2/c24-19-3-1-2-17(12-19)18-5-4-15-6-7-21(20(15)13-18)25-23(27)28-22-14-26-10-8-16(22)9-11-26/h1-5,12-13,16,21-22H,6-11,14H2,(H,25,27)/t21?,22-/m1/s1. The van der Waals surface area contributed by atoms with Crippen molar-refractivity contribution in [2.45, 2.75) is 37.8 Å². The van der Waals surface area contributed by atoms with Gasteiger partial charge in [-0.05, 0) is 85.1 Å². The monoisotopic (exact) mass is 396 g/mol. The predicted octanol–water partition coefficient (Wildman–Crippen LogP) is 4.81. The Morgan fingerprint density at radius 1 is 1.07 bits per heavy atom. The summed E-state index contributed by atoms with van der Waals surface area (Å²) in [6.45, 7) is 3.18. The zero-order valence-corrected chi connectivity index (χ0v) is 16.6. The number of fused-ring (bicyclic) bond motifs is 4. The molecule has 146 valence electrons. The highest BCUT2D eigenvalue weighted by Crippen LogP contribution is 2.35. The molecule has 0 aromatic heterocycles. The van der Waals surface area contributed by atoms with Gasteiger partial charge in [0.25, 0.3) is 0 Å². The molecular weight excluding hydrogens is 372 g/mol. The molecule has 3 fully saturated rings. The maximum Gasteiger partial charge on any atom is 0.407 e. The molecule has 28 heavy (non-hydrogen) atoms. The van der Waals surface area contributed by atoms with Gasteiger partial charge in [0.05, 0.1) is 6.04 Å². The number of alkyl carbamates (subject to hydrolysis) is 1. The minimum atomic E-state index is -0.273. The molecule has 6 rings (SSSR count). The van der Waals surface area contributed by atoms with Crippen molar-refractivity contribution in [3.05, 3.63) is 58.6 Å². The summed E-state index contributed by atoms with van der Waals surface area (Å²) in [5.74, 6) is 0.529. The number of benzene rings is 2. The first kappa shape index (κ1) is 18.0. The van der Waals surface area contributed by atoms with Gasteiger partial charge < -0.3 is 10.1 Å². The number of nitrogens with one attached hydrogen (secondary N) is 1. The summed E-state index contributed by atoms with van der Waals surface area (Å²) in [5, 5.41) is 3.86. The second-order valence-corrected chi connectivity index (χ2v) is 8.68. The van der Waals surface area contributed by atoms with E-state index in [9.17, 15) is 4.79 Å². The summed E-state index contributed by atoms with van der Waals surface area (Å²) < 4.78 is 5.82. The minimum absolute atomic E-state index is 0.0164. The highest BCUT2D eigenvalue weighted by Gasteiger charge is 2.37. The fraction of sp³-hybridized carbons (Fsp3) is 0.435. The van der Waals surface area contributed by atoms with Crippen molar-refractivity contribution >= 4 is 17.7 Å². The van der Waals surface area contributed by atoms with Gasteiger partial charge in [-0.15, -0.1) is 0 Å². The molecule has 3 aliphatic heterocycles. The fourth-order valence-electron chi connectivity index (χ4n) is 4.96. The molecule has 3 saturated heterocycles. The van der Waals surface area contributed by atoms with E-state index < -0.39 is 0 Å². The largest absolute Gasteiger partial charge is 0.445 e. The van der Waals surface area contributed by atoms with Crippen LogP contribution in [-0.4, -0.2) is 36.7 Å². The smallest absolute Gasteiger partial charge is 0.407 e. The molecule has 1 aliphatic carbocycles. The van der Waals surface area contributed by atoms with Gasteiger partial charge in [-0.3, -0.25) is 4.90 Å². The van der Waals surface area contributed by atoms with Gasteiger partial charge in [0, 0.05) is 11.6 Å². The number of halogens is 1. The topological polar surface area (TPSA) is 41.6 Å². The van der Waals surface area contributed by atoms with Gasteiger partial charge in [-0.25, -0.2) is 4.79 Å². The van der Waals surface area contributed by atoms with Crippen LogP contribution in [0, 0.1) is 5.92 Å². The van der Waals surface area contributed by atoms with E-state index in [1.54, 1.807) is 0 Å². The van der Waals surface area contributed by atoms with Crippen LogP contribution in [0.15, 0.2) is 42.5 Å². The van der Waals surface area contributed by atoms with Crippen LogP contribution in [0.2, 0.25) is 5.02 Å². The molecule has 2 bridgehead atoms. The van der Waals surface area contributed by atoms with Crippen molar-refractivity contribution in [3.63, 3.8) is 0 Å². The van der Waals surface area contributed by atoms with Gasteiger partial charge in [0.1, 0.15) is 6.10 Å². The SMILES string of the molecule is O=C(NC1CCc2ccc(-c3cccc(Cl)c3)cc21)O[C@@H]1CN2CCC1CC2. The molecule has 2 aromatic rings. The Bertz CT molecular complexity index is 892. The summed E-state index contributed by atoms with van der Waals surface area (Å²) >= 11 is 6.15. The fourth-order valence-corrected chi connectivity index (χ4v) is 5.15. The number of aryl methyl sites for hydroxylation is 1. The number of nitrogens with zero attached hydrogens (tertiary/aromatic N) is 1. The van der Waals surface area contributed by atoms with Crippen LogP contribution in [0.25, 0.3) is 11.1 Å². The molecule has 4 aliphatic rings. The van der Waals surface area contributed by atoms with Crippen LogP contribution in [-0.2, 0) is 11.2 Å². The Hall–Kier alpha value is -2.04. The first-order valence-electron chi connectivity index (χ1n) is 10.2. The van der Waals surface area contributed by atoms with Crippen molar-refractivity contribution in [1.82, 2.24) is 10.2 Å². The molecule has 5 heteroatoms. The molecular formula is C23H25ClN2O2. The lowest BCUT2D eigenvalue weighted by molar-refractivity contribution is -0.0339. The zero-order chi connectivity index (χ0) is 19.1. The van der Waals surface area contributed by atoms with Crippen molar-refractivity contribution in [1.29, 1.82) is 0 Å². The second-order valence-electron chi connectivity index (χ2n) is 8.24. The highest BCUT2D eigenvalue weighted by molar-refractivity contribution is 6.30. The number of carbonyl (C=O) groups is 1. The van der Waals surface area contributed by atoms with Gasteiger partial charge in [0.2, 0.25) is 0 Å². The summed E-state index contributed by atoms with van der Waals surface area (Å²) in [4.78, 5) is 15.0. The van der Waals surface area contributed by atoms with E-state index in [1.165, 1.54) is 11.1 Å². The summed E-state index contributed by atoms with van der Waals surface area (Å²) in [6.07, 6.45) is 3.96. The predicted molar refractivity (Wildman–Crippen MR) is 111 cm³/mol. The van der Waals surface area contributed by atoms with E-state index in [0.717, 1.165) is 61.5 Å². The number of piperidine rings is 3. The van der Waals surface area contributed by atoms with Crippen molar-refractivity contribution in [2.75, 3.05) is 19.6 Å². The molecule has 4 nitrogen and oxygen atoms in total. The molecule has 0 radical (unpaired) electrons. The number of amides is 1. The average Bonchev–Trinajstić information content (AvgIpc) is 3.11. The van der Waals surface area contributed by atoms with E-state index in [0.29, 0.717) is 5.92 Å². The Kier molecular flexibility index (Phi) is 4.77. The maximum atomic E-state index is 12.6. The van der Waals surface area contributed by atoms with Crippen molar-refractivity contribution in [3.8, 4) is 11.1 Å². The Labute approximate surface area is 170 Å². The lowest BCUT2D eigenvalue weighted by Gasteiger charge is -2.43. The molecule has 3 heterocycles. The lowest BCUT2D eigenvalue weighted by Crippen LogP contribution is -2.52. The number of rotatable bonds is 3. The first-order chi connectivity index (χ1) is 13.7. The van der Waals surface area contributed by atoms with E-state index >= 15 is 0 Å². The van der Waals surface area contributed by atoms with Crippen LogP contribution in [0.1, 0.15) is 36.4 Å². The molecule has 1 unspecified atom stereocenters. The zero-order valence-electron chi connectivity index (χ0n) is 15.9. The first-order valence-corrected chi connectivity index (χ1v) is 10.6.